The monoisotopic (exact) mass is 592 g/mol. The molecule has 0 spiro atoms. The number of fused-ring (bicyclic) bond motifs is 4. The number of benzene rings is 2. The van der Waals surface area contributed by atoms with Gasteiger partial charge >= 0.3 is 5.97 Å². The maximum atomic E-state index is 13.4. The van der Waals surface area contributed by atoms with Crippen LogP contribution in [-0.4, -0.2) is 92.5 Å². The van der Waals surface area contributed by atoms with Gasteiger partial charge in [-0.3, -0.25) is 4.79 Å². The molecule has 0 saturated carbocycles. The van der Waals surface area contributed by atoms with Gasteiger partial charge in [-0.1, -0.05) is 0 Å². The van der Waals surface area contributed by atoms with Crippen molar-refractivity contribution >= 4 is 5.97 Å². The van der Waals surface area contributed by atoms with Crippen LogP contribution in [0.1, 0.15) is 41.0 Å². The van der Waals surface area contributed by atoms with E-state index in [4.69, 9.17) is 48.1 Å². The van der Waals surface area contributed by atoms with Gasteiger partial charge in [0.2, 0.25) is 12.5 Å². The lowest BCUT2D eigenvalue weighted by Crippen LogP contribution is -2.63. The Morgan fingerprint density at radius 2 is 1.67 bits per heavy atom. The first-order valence-electron chi connectivity index (χ1n) is 15.4. The normalized spacial score (nSPS) is 39.9. The molecule has 2 aromatic carbocycles. The van der Waals surface area contributed by atoms with Crippen molar-refractivity contribution in [1.29, 1.82) is 0 Å². The van der Waals surface area contributed by atoms with Crippen molar-refractivity contribution in [2.45, 2.75) is 55.8 Å². The Hall–Kier alpha value is -3.33. The van der Waals surface area contributed by atoms with E-state index in [1.807, 2.05) is 0 Å². The Balaban J connectivity index is 1.27. The van der Waals surface area contributed by atoms with Crippen molar-refractivity contribution in [3.63, 3.8) is 0 Å². The van der Waals surface area contributed by atoms with Crippen LogP contribution in [0.15, 0.2) is 24.3 Å². The van der Waals surface area contributed by atoms with Crippen molar-refractivity contribution in [3.8, 4) is 28.7 Å². The van der Waals surface area contributed by atoms with Crippen molar-refractivity contribution in [3.05, 3.63) is 41.0 Å². The number of hydrogen-bond donors (Lipinski definition) is 3. The van der Waals surface area contributed by atoms with Crippen molar-refractivity contribution < 1.29 is 68.2 Å². The van der Waals surface area contributed by atoms with E-state index in [9.17, 15) is 20.1 Å². The molecular formula is C29H32O13. The molecule has 7 rings (SSSR count). The lowest BCUT2D eigenvalue weighted by atomic mass is 9.66. The second-order valence-corrected chi connectivity index (χ2v) is 10.7. The van der Waals surface area contributed by atoms with E-state index in [1.165, 1.54) is 14.2 Å². The summed E-state index contributed by atoms with van der Waals surface area (Å²) in [6.45, 7) is -3.51. The minimum absolute atomic E-state index is 0.0301. The number of aliphatic hydroxyl groups excluding tert-OH is 2. The molecule has 5 aliphatic rings. The molecule has 4 aliphatic heterocycles. The van der Waals surface area contributed by atoms with Gasteiger partial charge in [0.05, 0.1) is 40.8 Å². The first kappa shape index (κ1) is 23.2. The largest absolute Gasteiger partial charge is 0.502 e. The SMILES string of the molecule is [2H]C([2H])([2H])[C@]1([2H])OC[C@H]2O[C@@H](O[C@@H]3c4cc5c(cc4[C@@H](c4cc(OC)c(O)c(OC)c4)[C@H]4C(=O)OC[C@@H]43)OCO5)[C@H](O)[C@@H](O)[C@@H]2O1. The van der Waals surface area contributed by atoms with Crippen molar-refractivity contribution in [2.24, 2.45) is 11.8 Å². The molecule has 3 N–H and O–H groups in total. The lowest BCUT2D eigenvalue weighted by molar-refractivity contribution is -0.364. The van der Waals surface area contributed by atoms with E-state index in [0.29, 0.717) is 28.2 Å². The zero-order chi connectivity index (χ0) is 32.7. The van der Waals surface area contributed by atoms with E-state index in [2.05, 4.69) is 0 Å². The number of methoxy groups -OCH3 is 2. The smallest absolute Gasteiger partial charge is 0.310 e. The molecule has 226 valence electrons. The van der Waals surface area contributed by atoms with Crippen molar-refractivity contribution in [1.82, 2.24) is 0 Å². The number of carbonyl (C=O) groups excluding carboxylic acids is 1. The summed E-state index contributed by atoms with van der Waals surface area (Å²) >= 11 is 0. The molecular weight excluding hydrogens is 556 g/mol. The van der Waals surface area contributed by atoms with Crippen LogP contribution >= 0.6 is 0 Å². The van der Waals surface area contributed by atoms with Gasteiger partial charge in [0.15, 0.2) is 35.6 Å². The van der Waals surface area contributed by atoms with Gasteiger partial charge in [-0.25, -0.2) is 0 Å². The van der Waals surface area contributed by atoms with Crippen LogP contribution in [0.25, 0.3) is 0 Å². The maximum absolute atomic E-state index is 13.4. The Labute approximate surface area is 246 Å². The molecule has 10 atom stereocenters. The third kappa shape index (κ3) is 4.26. The zero-order valence-corrected chi connectivity index (χ0v) is 22.6. The third-order valence-corrected chi connectivity index (χ3v) is 8.52. The lowest BCUT2D eigenvalue weighted by Gasteiger charge is -2.47. The summed E-state index contributed by atoms with van der Waals surface area (Å²) < 4.78 is 81.5. The first-order valence-corrected chi connectivity index (χ1v) is 13.4. The molecule has 2 aromatic rings. The summed E-state index contributed by atoms with van der Waals surface area (Å²) in [6.07, 6.45) is -11.1. The predicted octanol–water partition coefficient (Wildman–Crippen LogP) is 1.34. The van der Waals surface area contributed by atoms with E-state index < -0.39 is 80.3 Å². The third-order valence-electron chi connectivity index (χ3n) is 8.52. The van der Waals surface area contributed by atoms with Gasteiger partial charge in [-0.05, 0) is 47.8 Å². The van der Waals surface area contributed by atoms with Gasteiger partial charge in [0, 0.05) is 15.9 Å². The minimum atomic E-state index is -3.00. The second kappa shape index (κ2) is 10.4. The average molecular weight is 593 g/mol. The van der Waals surface area contributed by atoms with Crippen LogP contribution < -0.4 is 18.9 Å². The van der Waals surface area contributed by atoms with E-state index >= 15 is 0 Å². The standard InChI is InChI=1S/C29H32O13/c1-11-36-9-20-27(40-11)24(31)25(32)29(41-20)42-26-14-7-17-16(38-10-39-17)6-13(14)21(22-15(26)8-37-28(22)33)12-4-18(34-2)23(30)19(5-12)35-3/h4-7,11,15,20-22,24-27,29-32H,8-10H2,1-3H3/t11-,15+,20-,21-,22+,24-,25-,26-,27-,29+/m1/s1/i1D3,11D. The van der Waals surface area contributed by atoms with E-state index in [1.54, 1.807) is 24.3 Å². The van der Waals surface area contributed by atoms with Crippen LogP contribution in [0.4, 0.5) is 0 Å². The molecule has 1 aliphatic carbocycles. The fraction of sp³-hybridized carbons (Fsp3) is 0.552. The Morgan fingerprint density at radius 1 is 0.952 bits per heavy atom. The summed E-state index contributed by atoms with van der Waals surface area (Å²) in [5.74, 6) is -1.69. The fourth-order valence-corrected chi connectivity index (χ4v) is 6.54. The Kier molecular flexibility index (Phi) is 5.76. The van der Waals surface area contributed by atoms with Gasteiger partial charge in [-0.15, -0.1) is 0 Å². The van der Waals surface area contributed by atoms with Crippen LogP contribution in [0, 0.1) is 11.8 Å². The molecule has 0 amide bonds. The molecule has 4 heterocycles. The summed E-state index contributed by atoms with van der Waals surface area (Å²) in [5, 5.41) is 32.7. The molecule has 3 saturated heterocycles. The summed E-state index contributed by atoms with van der Waals surface area (Å²) in [5.41, 5.74) is 1.75. The van der Waals surface area contributed by atoms with Gasteiger partial charge in [0.1, 0.15) is 24.4 Å². The van der Waals surface area contributed by atoms with Gasteiger partial charge < -0.3 is 58.0 Å². The number of rotatable bonds is 5. The number of carbonyl (C=O) groups is 1. The number of phenolic OH excluding ortho intramolecular Hbond substituents is 1. The van der Waals surface area contributed by atoms with Crippen LogP contribution in [0.2, 0.25) is 0 Å². The Morgan fingerprint density at radius 3 is 2.36 bits per heavy atom. The molecule has 13 nitrogen and oxygen atoms in total. The van der Waals surface area contributed by atoms with E-state index in [-0.39, 0.29) is 30.6 Å². The second-order valence-electron chi connectivity index (χ2n) is 10.7. The fourth-order valence-electron chi connectivity index (χ4n) is 6.54. The highest BCUT2D eigenvalue weighted by atomic mass is 16.8. The highest BCUT2D eigenvalue weighted by Gasteiger charge is 2.56. The number of cyclic esters (lactones) is 1. The van der Waals surface area contributed by atoms with Crippen molar-refractivity contribution in [2.75, 3.05) is 34.2 Å². The highest BCUT2D eigenvalue weighted by Crippen LogP contribution is 2.57. The van der Waals surface area contributed by atoms with Gasteiger partial charge in [0.25, 0.3) is 0 Å². The minimum Gasteiger partial charge on any atom is -0.502 e. The number of aliphatic hydroxyl groups is 2. The molecule has 13 heteroatoms. The zero-order valence-electron chi connectivity index (χ0n) is 26.6. The summed E-state index contributed by atoms with van der Waals surface area (Å²) in [6, 6.07) is 6.68. The number of esters is 1. The predicted molar refractivity (Wildman–Crippen MR) is 138 cm³/mol. The summed E-state index contributed by atoms with van der Waals surface area (Å²) in [4.78, 5) is 13.4. The molecule has 0 unspecified atom stereocenters. The molecule has 0 radical (unpaired) electrons. The first-order chi connectivity index (χ1) is 21.8. The highest BCUT2D eigenvalue weighted by molar-refractivity contribution is 5.79. The quantitative estimate of drug-likeness (QED) is 0.427. The maximum Gasteiger partial charge on any atom is 0.310 e. The Bertz CT molecular complexity index is 1510. The summed E-state index contributed by atoms with van der Waals surface area (Å²) in [7, 11) is 2.79. The van der Waals surface area contributed by atoms with Crippen LogP contribution in [-0.2, 0) is 28.5 Å². The molecule has 42 heavy (non-hydrogen) atoms. The van der Waals surface area contributed by atoms with Crippen LogP contribution in [0.3, 0.4) is 0 Å². The number of aromatic hydroxyl groups is 1. The number of phenols is 1. The molecule has 3 fully saturated rings. The topological polar surface area (TPSA) is 161 Å². The number of ether oxygens (including phenoxy) is 9. The molecule has 0 bridgehead atoms. The van der Waals surface area contributed by atoms with E-state index in [0.717, 1.165) is 0 Å². The molecule has 0 aromatic heterocycles. The van der Waals surface area contributed by atoms with Gasteiger partial charge in [-0.2, -0.15) is 0 Å². The average Bonchev–Trinajstić information content (AvgIpc) is 3.65. The van der Waals surface area contributed by atoms with Crippen LogP contribution in [0.5, 0.6) is 28.7 Å². The number of hydrogen-bond acceptors (Lipinski definition) is 13.